The Balaban J connectivity index is 2.00. The first kappa shape index (κ1) is 16.6. The van der Waals surface area contributed by atoms with Gasteiger partial charge in [-0.1, -0.05) is 6.42 Å². The summed E-state index contributed by atoms with van der Waals surface area (Å²) in [6.45, 7) is 0.634. The number of pyridine rings is 1. The maximum absolute atomic E-state index is 6.02. The van der Waals surface area contributed by atoms with E-state index in [0.717, 1.165) is 30.2 Å². The van der Waals surface area contributed by atoms with Crippen LogP contribution in [0.4, 0.5) is 0 Å². The normalized spacial score (nSPS) is 15.3. The molecular formula is C17H28N4O. The van der Waals surface area contributed by atoms with Crippen LogP contribution in [0.5, 0.6) is 5.88 Å². The Morgan fingerprint density at radius 2 is 1.86 bits per heavy atom. The van der Waals surface area contributed by atoms with Crippen LogP contribution in [0.3, 0.4) is 0 Å². The molecule has 22 heavy (non-hydrogen) atoms. The van der Waals surface area contributed by atoms with Crippen molar-refractivity contribution in [3.8, 4) is 5.88 Å². The van der Waals surface area contributed by atoms with Gasteiger partial charge in [-0.15, -0.1) is 0 Å². The zero-order valence-corrected chi connectivity index (χ0v) is 14.2. The van der Waals surface area contributed by atoms with Crippen molar-refractivity contribution in [1.82, 2.24) is 14.8 Å². The third kappa shape index (κ3) is 4.90. The molecule has 0 N–H and O–H groups in total. The summed E-state index contributed by atoms with van der Waals surface area (Å²) in [7, 11) is 8.01. The molecule has 122 valence electrons. The minimum absolute atomic E-state index is 0.333. The summed E-state index contributed by atoms with van der Waals surface area (Å²) in [4.78, 5) is 13.0. The van der Waals surface area contributed by atoms with Crippen molar-refractivity contribution >= 4 is 5.96 Å². The number of rotatable bonds is 4. The van der Waals surface area contributed by atoms with E-state index in [4.69, 9.17) is 4.74 Å². The second-order valence-corrected chi connectivity index (χ2v) is 6.29. The number of hydrogen-bond acceptors (Lipinski definition) is 3. The lowest BCUT2D eigenvalue weighted by atomic mass is 9.98. The Labute approximate surface area is 134 Å². The van der Waals surface area contributed by atoms with E-state index < -0.39 is 0 Å². The van der Waals surface area contributed by atoms with Crippen LogP contribution in [0.25, 0.3) is 0 Å². The number of guanidine groups is 1. The predicted octanol–water partition coefficient (Wildman–Crippen LogP) is 2.77. The number of hydrogen-bond donors (Lipinski definition) is 0. The number of aliphatic imine (C=N–C) groups is 1. The molecule has 0 unspecified atom stereocenters. The fourth-order valence-corrected chi connectivity index (χ4v) is 2.81. The van der Waals surface area contributed by atoms with E-state index in [-0.39, 0.29) is 0 Å². The highest BCUT2D eigenvalue weighted by Crippen LogP contribution is 2.22. The van der Waals surface area contributed by atoms with Crippen LogP contribution in [0, 0.1) is 0 Å². The Bertz CT molecular complexity index is 483. The van der Waals surface area contributed by atoms with Crippen molar-refractivity contribution in [3.63, 3.8) is 0 Å². The topological polar surface area (TPSA) is 41.0 Å². The van der Waals surface area contributed by atoms with Crippen LogP contribution in [0.15, 0.2) is 23.3 Å². The quantitative estimate of drug-likeness (QED) is 0.633. The minimum Gasteiger partial charge on any atom is -0.474 e. The average molecular weight is 304 g/mol. The molecule has 0 bridgehead atoms. The first-order chi connectivity index (χ1) is 10.6. The predicted molar refractivity (Wildman–Crippen MR) is 90.3 cm³/mol. The van der Waals surface area contributed by atoms with E-state index in [1.54, 1.807) is 0 Å². The molecule has 0 amide bonds. The first-order valence-corrected chi connectivity index (χ1v) is 8.07. The third-order valence-electron chi connectivity index (χ3n) is 3.84. The first-order valence-electron chi connectivity index (χ1n) is 8.07. The average Bonchev–Trinajstić information content (AvgIpc) is 2.48. The molecule has 0 aromatic carbocycles. The maximum atomic E-state index is 6.02. The van der Waals surface area contributed by atoms with E-state index in [0.29, 0.717) is 12.6 Å². The highest BCUT2D eigenvalue weighted by molar-refractivity contribution is 5.79. The van der Waals surface area contributed by atoms with E-state index in [9.17, 15) is 0 Å². The van der Waals surface area contributed by atoms with Gasteiger partial charge in [0.1, 0.15) is 6.10 Å². The van der Waals surface area contributed by atoms with Gasteiger partial charge in [0.25, 0.3) is 0 Å². The Hall–Kier alpha value is -1.78. The number of aromatic nitrogens is 1. The molecule has 0 atom stereocenters. The summed E-state index contributed by atoms with van der Waals surface area (Å²) in [6, 6.07) is 4.02. The molecule has 1 aromatic rings. The molecule has 1 saturated carbocycles. The van der Waals surface area contributed by atoms with Gasteiger partial charge >= 0.3 is 0 Å². The van der Waals surface area contributed by atoms with Crippen molar-refractivity contribution in [1.29, 1.82) is 0 Å². The molecule has 1 aliphatic carbocycles. The smallest absolute Gasteiger partial charge is 0.213 e. The second kappa shape index (κ2) is 8.01. The van der Waals surface area contributed by atoms with Crippen LogP contribution in [0.2, 0.25) is 0 Å². The summed E-state index contributed by atoms with van der Waals surface area (Å²) < 4.78 is 6.02. The van der Waals surface area contributed by atoms with Gasteiger partial charge in [0.2, 0.25) is 5.88 Å². The van der Waals surface area contributed by atoms with Crippen molar-refractivity contribution in [2.75, 3.05) is 28.2 Å². The van der Waals surface area contributed by atoms with Gasteiger partial charge in [0.15, 0.2) is 5.96 Å². The number of nitrogens with zero attached hydrogens (tertiary/aromatic N) is 4. The highest BCUT2D eigenvalue weighted by Gasteiger charge is 2.15. The van der Waals surface area contributed by atoms with Crippen molar-refractivity contribution < 1.29 is 4.74 Å². The molecule has 5 nitrogen and oxygen atoms in total. The van der Waals surface area contributed by atoms with E-state index in [1.165, 1.54) is 19.3 Å². The van der Waals surface area contributed by atoms with Crippen LogP contribution in [0.1, 0.15) is 37.7 Å². The van der Waals surface area contributed by atoms with E-state index >= 15 is 0 Å². The molecule has 1 heterocycles. The van der Waals surface area contributed by atoms with Gasteiger partial charge in [0.05, 0.1) is 6.54 Å². The van der Waals surface area contributed by atoms with Gasteiger partial charge in [-0.25, -0.2) is 9.98 Å². The lowest BCUT2D eigenvalue weighted by Crippen LogP contribution is -2.35. The van der Waals surface area contributed by atoms with Gasteiger partial charge in [-0.2, -0.15) is 0 Å². The van der Waals surface area contributed by atoms with Crippen molar-refractivity contribution in [3.05, 3.63) is 23.9 Å². The fraction of sp³-hybridized carbons (Fsp3) is 0.647. The molecular weight excluding hydrogens is 276 g/mol. The second-order valence-electron chi connectivity index (χ2n) is 6.29. The highest BCUT2D eigenvalue weighted by atomic mass is 16.5. The van der Waals surface area contributed by atoms with Gasteiger partial charge < -0.3 is 14.5 Å². The van der Waals surface area contributed by atoms with Crippen LogP contribution in [-0.2, 0) is 6.54 Å². The van der Waals surface area contributed by atoms with Crippen LogP contribution < -0.4 is 4.74 Å². The van der Waals surface area contributed by atoms with E-state index in [1.807, 2.05) is 56.3 Å². The minimum atomic E-state index is 0.333. The summed E-state index contributed by atoms with van der Waals surface area (Å²) in [6.07, 6.45) is 8.31. The molecule has 1 aliphatic rings. The standard InChI is InChI=1S/C17H28N4O/c1-20(2)17(21(3)4)19-13-14-10-11-18-16(12-14)22-15-8-6-5-7-9-15/h10-12,15H,5-9,13H2,1-4H3. The zero-order valence-electron chi connectivity index (χ0n) is 14.2. The molecule has 5 heteroatoms. The molecule has 2 rings (SSSR count). The molecule has 0 saturated heterocycles. The van der Waals surface area contributed by atoms with Crippen LogP contribution in [-0.4, -0.2) is 55.0 Å². The van der Waals surface area contributed by atoms with Gasteiger partial charge in [-0.05, 0) is 37.3 Å². The molecule has 0 radical (unpaired) electrons. The van der Waals surface area contributed by atoms with Crippen LogP contribution >= 0.6 is 0 Å². The molecule has 0 spiro atoms. The maximum Gasteiger partial charge on any atom is 0.213 e. The van der Waals surface area contributed by atoms with E-state index in [2.05, 4.69) is 9.98 Å². The van der Waals surface area contributed by atoms with Crippen molar-refractivity contribution in [2.24, 2.45) is 4.99 Å². The van der Waals surface area contributed by atoms with Crippen molar-refractivity contribution in [2.45, 2.75) is 44.8 Å². The summed E-state index contributed by atoms with van der Waals surface area (Å²) >= 11 is 0. The summed E-state index contributed by atoms with van der Waals surface area (Å²) in [5, 5.41) is 0. The monoisotopic (exact) mass is 304 g/mol. The fourth-order valence-electron chi connectivity index (χ4n) is 2.81. The summed E-state index contributed by atoms with van der Waals surface area (Å²) in [5.74, 6) is 1.68. The Morgan fingerprint density at radius 3 is 2.50 bits per heavy atom. The zero-order chi connectivity index (χ0) is 15.9. The molecule has 1 aromatic heterocycles. The summed E-state index contributed by atoms with van der Waals surface area (Å²) in [5.41, 5.74) is 1.13. The molecule has 1 fully saturated rings. The molecule has 0 aliphatic heterocycles. The van der Waals surface area contributed by atoms with Gasteiger partial charge in [-0.3, -0.25) is 0 Å². The lowest BCUT2D eigenvalue weighted by Gasteiger charge is -2.23. The largest absolute Gasteiger partial charge is 0.474 e. The Morgan fingerprint density at radius 1 is 1.18 bits per heavy atom. The van der Waals surface area contributed by atoms with Gasteiger partial charge in [0, 0.05) is 40.5 Å². The SMILES string of the molecule is CN(C)C(=NCc1ccnc(OC2CCCCC2)c1)N(C)C. The Kier molecular flexibility index (Phi) is 6.04. The lowest BCUT2D eigenvalue weighted by molar-refractivity contribution is 0.148. The third-order valence-corrected chi connectivity index (χ3v) is 3.84. The number of ether oxygens (including phenoxy) is 1.